The van der Waals surface area contributed by atoms with Crippen LogP contribution in [0.4, 0.5) is 5.82 Å². The van der Waals surface area contributed by atoms with Crippen LogP contribution in [0.2, 0.25) is 0 Å². The zero-order chi connectivity index (χ0) is 14.8. The lowest BCUT2D eigenvalue weighted by molar-refractivity contribution is -0.129. The molecule has 21 heavy (non-hydrogen) atoms. The predicted molar refractivity (Wildman–Crippen MR) is 73.5 cm³/mol. The Balaban J connectivity index is 1.54. The molecule has 7 heteroatoms. The Morgan fingerprint density at radius 2 is 2.43 bits per heavy atom. The molecule has 0 spiro atoms. The molecule has 2 aliphatic heterocycles. The second-order valence-corrected chi connectivity index (χ2v) is 5.65. The molecule has 2 fully saturated rings. The van der Waals surface area contributed by atoms with Crippen LogP contribution in [-0.4, -0.2) is 47.7 Å². The van der Waals surface area contributed by atoms with Gasteiger partial charge in [-0.25, -0.2) is 0 Å². The summed E-state index contributed by atoms with van der Waals surface area (Å²) < 4.78 is 10.4. The monoisotopic (exact) mass is 293 g/mol. The maximum Gasteiger partial charge on any atom is 0.231 e. The molecule has 2 amide bonds. The van der Waals surface area contributed by atoms with Gasteiger partial charge in [0.2, 0.25) is 11.8 Å². The minimum atomic E-state index is -0.337. The van der Waals surface area contributed by atoms with E-state index < -0.39 is 0 Å². The van der Waals surface area contributed by atoms with Gasteiger partial charge in [0.15, 0.2) is 5.82 Å². The molecule has 0 aromatic carbocycles. The average Bonchev–Trinajstić information content (AvgIpc) is 3.15. The van der Waals surface area contributed by atoms with Crippen LogP contribution in [0.1, 0.15) is 25.0 Å². The quantitative estimate of drug-likeness (QED) is 0.893. The third-order valence-corrected chi connectivity index (χ3v) is 3.91. The topological polar surface area (TPSA) is 84.7 Å². The van der Waals surface area contributed by atoms with Gasteiger partial charge in [0.1, 0.15) is 5.76 Å². The van der Waals surface area contributed by atoms with Gasteiger partial charge in [-0.15, -0.1) is 0 Å². The van der Waals surface area contributed by atoms with E-state index in [-0.39, 0.29) is 30.3 Å². The van der Waals surface area contributed by atoms with Crippen LogP contribution in [0.25, 0.3) is 0 Å². The van der Waals surface area contributed by atoms with Crippen LogP contribution in [0.15, 0.2) is 10.6 Å². The average molecular weight is 293 g/mol. The fourth-order valence-electron chi connectivity index (χ4n) is 2.81. The molecule has 3 heterocycles. The van der Waals surface area contributed by atoms with Crippen molar-refractivity contribution in [3.05, 3.63) is 11.8 Å². The van der Waals surface area contributed by atoms with Crippen molar-refractivity contribution in [2.24, 2.45) is 5.92 Å². The van der Waals surface area contributed by atoms with Gasteiger partial charge in [0.25, 0.3) is 0 Å². The normalized spacial score (nSPS) is 25.6. The largest absolute Gasteiger partial charge is 0.376 e. The number of amides is 2. The fourth-order valence-corrected chi connectivity index (χ4v) is 2.81. The Kier molecular flexibility index (Phi) is 3.92. The van der Waals surface area contributed by atoms with E-state index >= 15 is 0 Å². The molecule has 7 nitrogen and oxygen atoms in total. The number of hydrogen-bond donors (Lipinski definition) is 1. The van der Waals surface area contributed by atoms with Crippen molar-refractivity contribution in [3.63, 3.8) is 0 Å². The summed E-state index contributed by atoms with van der Waals surface area (Å²) in [7, 11) is 0. The number of hydrogen-bond acceptors (Lipinski definition) is 5. The maximum atomic E-state index is 12.1. The van der Waals surface area contributed by atoms with E-state index in [9.17, 15) is 9.59 Å². The van der Waals surface area contributed by atoms with Crippen LogP contribution in [0.3, 0.4) is 0 Å². The van der Waals surface area contributed by atoms with Crippen LogP contribution in [0, 0.1) is 12.8 Å². The number of nitrogens with one attached hydrogen (secondary N) is 1. The van der Waals surface area contributed by atoms with Crippen molar-refractivity contribution < 1.29 is 18.8 Å². The van der Waals surface area contributed by atoms with E-state index in [0.717, 1.165) is 19.4 Å². The number of aryl methyl sites for hydroxylation is 1. The Hall–Kier alpha value is -1.89. The highest BCUT2D eigenvalue weighted by Gasteiger charge is 2.36. The van der Waals surface area contributed by atoms with Gasteiger partial charge in [-0.3, -0.25) is 9.59 Å². The zero-order valence-electron chi connectivity index (χ0n) is 12.0. The van der Waals surface area contributed by atoms with Gasteiger partial charge in [-0.2, -0.15) is 0 Å². The standard InChI is InChI=1S/C14H19N3O4/c1-9-5-12(16-21-9)15-14(19)10-6-13(18)17(7-10)8-11-3-2-4-20-11/h5,10-11H,2-4,6-8H2,1H3,(H,15,16,19). The summed E-state index contributed by atoms with van der Waals surface area (Å²) in [6.45, 7) is 3.56. The number of likely N-dealkylation sites (tertiary alicyclic amines) is 1. The third-order valence-electron chi connectivity index (χ3n) is 3.91. The molecule has 1 aromatic rings. The number of nitrogens with zero attached hydrogens (tertiary/aromatic N) is 2. The lowest BCUT2D eigenvalue weighted by Crippen LogP contribution is -2.34. The third kappa shape index (κ3) is 3.24. The van der Waals surface area contributed by atoms with Gasteiger partial charge in [0, 0.05) is 32.2 Å². The number of anilines is 1. The molecule has 1 N–H and O–H groups in total. The molecule has 2 unspecified atom stereocenters. The highest BCUT2D eigenvalue weighted by atomic mass is 16.5. The minimum Gasteiger partial charge on any atom is -0.376 e. The first-order valence-corrected chi connectivity index (χ1v) is 7.25. The number of ether oxygens (including phenoxy) is 1. The van der Waals surface area contributed by atoms with Crippen molar-refractivity contribution in [2.45, 2.75) is 32.3 Å². The summed E-state index contributed by atoms with van der Waals surface area (Å²) >= 11 is 0. The summed E-state index contributed by atoms with van der Waals surface area (Å²) in [5.41, 5.74) is 0. The summed E-state index contributed by atoms with van der Waals surface area (Å²) in [6.07, 6.45) is 2.39. The van der Waals surface area contributed by atoms with Gasteiger partial charge in [0.05, 0.1) is 12.0 Å². The number of rotatable bonds is 4. The van der Waals surface area contributed by atoms with Gasteiger partial charge in [-0.1, -0.05) is 5.16 Å². The van der Waals surface area contributed by atoms with Crippen LogP contribution < -0.4 is 5.32 Å². The van der Waals surface area contributed by atoms with Crippen LogP contribution in [0.5, 0.6) is 0 Å². The number of aromatic nitrogens is 1. The molecule has 0 aliphatic carbocycles. The Morgan fingerprint density at radius 3 is 3.10 bits per heavy atom. The smallest absolute Gasteiger partial charge is 0.231 e. The van der Waals surface area contributed by atoms with Crippen molar-refractivity contribution in [1.82, 2.24) is 10.1 Å². The molecule has 3 rings (SSSR count). The van der Waals surface area contributed by atoms with E-state index in [1.54, 1.807) is 17.9 Å². The fraction of sp³-hybridized carbons (Fsp3) is 0.643. The lowest BCUT2D eigenvalue weighted by Gasteiger charge is -2.20. The van der Waals surface area contributed by atoms with Gasteiger partial charge >= 0.3 is 0 Å². The summed E-state index contributed by atoms with van der Waals surface area (Å²) in [5.74, 6) is 0.514. The van der Waals surface area contributed by atoms with Crippen molar-refractivity contribution in [1.29, 1.82) is 0 Å². The first-order chi connectivity index (χ1) is 10.1. The first kappa shape index (κ1) is 14.1. The highest BCUT2D eigenvalue weighted by molar-refractivity contribution is 5.96. The molecule has 114 valence electrons. The molecule has 2 aliphatic rings. The van der Waals surface area contributed by atoms with E-state index in [1.807, 2.05) is 0 Å². The Morgan fingerprint density at radius 1 is 1.57 bits per heavy atom. The van der Waals surface area contributed by atoms with E-state index in [0.29, 0.717) is 24.7 Å². The maximum absolute atomic E-state index is 12.1. The molecule has 2 atom stereocenters. The summed E-state index contributed by atoms with van der Waals surface area (Å²) in [4.78, 5) is 25.9. The Bertz CT molecular complexity index is 536. The first-order valence-electron chi connectivity index (χ1n) is 7.25. The minimum absolute atomic E-state index is 0.0157. The second kappa shape index (κ2) is 5.85. The molecule has 0 bridgehead atoms. The SMILES string of the molecule is Cc1cc(NC(=O)C2CC(=O)N(CC3CCCO3)C2)no1. The number of carbonyl (C=O) groups is 2. The predicted octanol–water partition coefficient (Wildman–Crippen LogP) is 0.949. The second-order valence-electron chi connectivity index (χ2n) is 5.65. The highest BCUT2D eigenvalue weighted by Crippen LogP contribution is 2.22. The molecular formula is C14H19N3O4. The van der Waals surface area contributed by atoms with Gasteiger partial charge < -0.3 is 19.5 Å². The van der Waals surface area contributed by atoms with Crippen LogP contribution in [-0.2, 0) is 14.3 Å². The molecular weight excluding hydrogens is 274 g/mol. The van der Waals surface area contributed by atoms with E-state index in [4.69, 9.17) is 9.26 Å². The Labute approximate surface area is 122 Å². The van der Waals surface area contributed by atoms with Gasteiger partial charge in [-0.05, 0) is 19.8 Å². The van der Waals surface area contributed by atoms with Crippen molar-refractivity contribution in [2.75, 3.05) is 25.0 Å². The zero-order valence-corrected chi connectivity index (χ0v) is 12.0. The summed E-state index contributed by atoms with van der Waals surface area (Å²) in [6, 6.07) is 1.65. The lowest BCUT2D eigenvalue weighted by atomic mass is 10.1. The summed E-state index contributed by atoms with van der Waals surface area (Å²) in [5, 5.41) is 6.41. The molecule has 0 radical (unpaired) electrons. The number of carbonyl (C=O) groups excluding carboxylic acids is 2. The van der Waals surface area contributed by atoms with E-state index in [2.05, 4.69) is 10.5 Å². The molecule has 2 saturated heterocycles. The van der Waals surface area contributed by atoms with Crippen molar-refractivity contribution >= 4 is 17.6 Å². The molecule has 0 saturated carbocycles. The van der Waals surface area contributed by atoms with E-state index in [1.165, 1.54) is 0 Å². The van der Waals surface area contributed by atoms with Crippen LogP contribution >= 0.6 is 0 Å². The van der Waals surface area contributed by atoms with Crippen molar-refractivity contribution in [3.8, 4) is 0 Å². The molecule has 1 aromatic heterocycles.